The maximum absolute atomic E-state index is 2.77. The van der Waals surface area contributed by atoms with Crippen LogP contribution in [0.4, 0.5) is 0 Å². The first-order chi connectivity index (χ1) is 43.3. The molecule has 25 rings (SSSR count). The summed E-state index contributed by atoms with van der Waals surface area (Å²) >= 11 is 0. The second-order valence-corrected chi connectivity index (χ2v) is 25.6. The molecule has 390 valence electrons. The van der Waals surface area contributed by atoms with Crippen LogP contribution in [0.15, 0.2) is 237 Å². The number of hydrogen-bond acceptors (Lipinski definition) is 0. The van der Waals surface area contributed by atoms with E-state index in [1.807, 2.05) is 0 Å². The van der Waals surface area contributed by atoms with Gasteiger partial charge in [0.25, 0.3) is 20.1 Å². The van der Waals surface area contributed by atoms with Crippen molar-refractivity contribution in [1.82, 2.24) is 27.4 Å². The Hall–Kier alpha value is -11.1. The Morgan fingerprint density at radius 3 is 0.678 bits per heavy atom. The second-order valence-electron chi connectivity index (χ2n) is 25.6. The molecule has 0 fully saturated rings. The summed E-state index contributed by atoms with van der Waals surface area (Å²) in [5, 5.41) is 15.6. The molecule has 0 amide bonds. The van der Waals surface area contributed by atoms with Crippen LogP contribution in [0.2, 0.25) is 0 Å². The van der Waals surface area contributed by atoms with E-state index < -0.39 is 0 Å². The summed E-state index contributed by atoms with van der Waals surface area (Å²) in [6.07, 6.45) is 0. The Kier molecular flexibility index (Phi) is 6.77. The van der Waals surface area contributed by atoms with Gasteiger partial charge in [-0.1, -0.05) is 182 Å². The number of fused-ring (bicyclic) bond motifs is 33. The molecule has 6 aromatic heterocycles. The van der Waals surface area contributed by atoms with Crippen LogP contribution in [0.25, 0.3) is 165 Å². The van der Waals surface area contributed by atoms with Crippen molar-refractivity contribution in [1.29, 1.82) is 0 Å². The lowest BCUT2D eigenvalue weighted by Gasteiger charge is -2.33. The number of aromatic nitrogens is 6. The molecule has 19 aromatic rings. The largest absolute Gasteiger partial charge is 0.310 e. The van der Waals surface area contributed by atoms with Crippen molar-refractivity contribution in [2.24, 2.45) is 0 Å². The van der Waals surface area contributed by atoms with E-state index in [0.29, 0.717) is 0 Å². The molecule has 0 saturated heterocycles. The van der Waals surface area contributed by atoms with Crippen LogP contribution in [0, 0.1) is 0 Å². The van der Waals surface area contributed by atoms with E-state index in [2.05, 4.69) is 264 Å². The van der Waals surface area contributed by atoms with Crippen molar-refractivity contribution in [2.75, 3.05) is 0 Å². The number of hydrogen-bond donors (Lipinski definition) is 0. The SMILES string of the molecule is c1cc2c3c(c1)-n1c4c(cccc4c4c1c1c5cccc6c5n(c1c1c5cccc7c5n(c41)-c1cccc4c1B7c1cccc5c7ccccc7n-4c15)-c1cccc4c1B6c1cccc5c6ccccc6n-4c15)B3c1cccc3c4ccccc4n-2c13. The first-order valence-electron chi connectivity index (χ1n) is 30.8. The van der Waals surface area contributed by atoms with Crippen molar-refractivity contribution in [3.8, 4) is 34.1 Å². The van der Waals surface area contributed by atoms with E-state index >= 15 is 0 Å². The summed E-state index contributed by atoms with van der Waals surface area (Å²) in [6.45, 7) is 0.0668. The van der Waals surface area contributed by atoms with E-state index in [1.54, 1.807) is 0 Å². The monoisotopic (exact) mass is 1090 g/mol. The second kappa shape index (κ2) is 13.8. The number of rotatable bonds is 0. The van der Waals surface area contributed by atoms with Gasteiger partial charge in [0.1, 0.15) is 0 Å². The molecule has 9 heteroatoms. The topological polar surface area (TPSA) is 29.6 Å². The molecule has 0 aliphatic carbocycles. The van der Waals surface area contributed by atoms with Crippen LogP contribution >= 0.6 is 0 Å². The molecule has 0 saturated carbocycles. The minimum atomic E-state index is 0.0223. The van der Waals surface area contributed by atoms with Crippen LogP contribution in [0.5, 0.6) is 0 Å². The standard InChI is InChI=1S/C78H39B3N6/c1-4-31-55-40(16-1)43-19-7-25-49-70(43)82(55)58-34-13-37-61-67(58)79(49)52-28-10-22-46-64-76(85(61)73(46)52)65-47-23-11-29-53-74(47)87(63-39-15-36-60-69(63)80(53)50-26-8-20-44-41-17-3-6-33-57(41)84(60)71(44)50)78(65)66-48-24-12-30-54-75(48)86(77(64)66)62-38-14-35-59-68(62)81(54)51-27-9-21-45-42-18-2-5-32-56(42)83(59)72(45)51/h1-39H. The fraction of sp³-hybridized carbons (Fsp3) is 0. The van der Waals surface area contributed by atoms with E-state index in [4.69, 9.17) is 0 Å². The van der Waals surface area contributed by atoms with Crippen molar-refractivity contribution in [3.63, 3.8) is 0 Å². The molecule has 6 nitrogen and oxygen atoms in total. The first-order valence-corrected chi connectivity index (χ1v) is 30.8. The minimum absolute atomic E-state index is 0.0223. The molecule has 13 aromatic carbocycles. The van der Waals surface area contributed by atoms with E-state index in [9.17, 15) is 0 Å². The summed E-state index contributed by atoms with van der Waals surface area (Å²) in [7, 11) is 0. The van der Waals surface area contributed by atoms with Crippen LogP contribution in [-0.2, 0) is 0 Å². The molecule has 0 unspecified atom stereocenters. The Morgan fingerprint density at radius 2 is 0.391 bits per heavy atom. The van der Waals surface area contributed by atoms with Gasteiger partial charge >= 0.3 is 0 Å². The van der Waals surface area contributed by atoms with Crippen molar-refractivity contribution >= 4 is 200 Å². The third-order valence-corrected chi connectivity index (χ3v) is 22.3. The third kappa shape index (κ3) is 4.30. The molecular weight excluding hydrogens is 1050 g/mol. The summed E-state index contributed by atoms with van der Waals surface area (Å²) in [5.41, 5.74) is 35.3. The van der Waals surface area contributed by atoms with Gasteiger partial charge in [0.15, 0.2) is 0 Å². The molecule has 6 aliphatic rings. The van der Waals surface area contributed by atoms with Crippen LogP contribution in [0.3, 0.4) is 0 Å². The van der Waals surface area contributed by atoms with Crippen LogP contribution in [0.1, 0.15) is 0 Å². The Balaban J connectivity index is 0.927. The van der Waals surface area contributed by atoms with Crippen molar-refractivity contribution < 1.29 is 0 Å². The van der Waals surface area contributed by atoms with Gasteiger partial charge in [-0.25, -0.2) is 0 Å². The van der Waals surface area contributed by atoms with Crippen molar-refractivity contribution in [3.05, 3.63) is 237 Å². The van der Waals surface area contributed by atoms with Gasteiger partial charge in [-0.3, -0.25) is 0 Å². The molecule has 0 atom stereocenters. The predicted octanol–water partition coefficient (Wildman–Crippen LogP) is 11.7. The highest BCUT2D eigenvalue weighted by Gasteiger charge is 2.47. The van der Waals surface area contributed by atoms with Gasteiger partial charge in [0, 0.05) is 132 Å². The summed E-state index contributed by atoms with van der Waals surface area (Å²) < 4.78 is 16.1. The quantitative estimate of drug-likeness (QED) is 0.136. The van der Waals surface area contributed by atoms with E-state index in [1.165, 1.54) is 214 Å². The maximum Gasteiger partial charge on any atom is 0.252 e. The van der Waals surface area contributed by atoms with Gasteiger partial charge < -0.3 is 27.4 Å². The lowest BCUT2D eigenvalue weighted by Crippen LogP contribution is -2.59. The lowest BCUT2D eigenvalue weighted by molar-refractivity contribution is 1.14. The average Bonchev–Trinajstić information content (AvgIpc) is 1.65. The smallest absolute Gasteiger partial charge is 0.252 e. The molecule has 12 heterocycles. The normalized spacial score (nSPS) is 14.1. The van der Waals surface area contributed by atoms with E-state index in [-0.39, 0.29) is 20.1 Å². The van der Waals surface area contributed by atoms with Crippen LogP contribution in [-0.4, -0.2) is 47.5 Å². The predicted molar refractivity (Wildman–Crippen MR) is 366 cm³/mol. The molecule has 0 N–H and O–H groups in total. The summed E-state index contributed by atoms with van der Waals surface area (Å²) in [4.78, 5) is 0. The van der Waals surface area contributed by atoms with Gasteiger partial charge in [-0.05, 0) is 104 Å². The van der Waals surface area contributed by atoms with Gasteiger partial charge in [-0.2, -0.15) is 0 Å². The molecular formula is C78H39B3N6. The molecule has 6 aliphatic heterocycles. The lowest BCUT2D eigenvalue weighted by atomic mass is 9.34. The molecule has 0 radical (unpaired) electrons. The van der Waals surface area contributed by atoms with Gasteiger partial charge in [-0.15, -0.1) is 0 Å². The third-order valence-electron chi connectivity index (χ3n) is 22.3. The molecule has 87 heavy (non-hydrogen) atoms. The van der Waals surface area contributed by atoms with Gasteiger partial charge in [0.2, 0.25) is 0 Å². The highest BCUT2D eigenvalue weighted by molar-refractivity contribution is 7.02. The Bertz CT molecular complexity index is 6060. The zero-order chi connectivity index (χ0) is 55.3. The fourth-order valence-electron chi connectivity index (χ4n) is 19.6. The maximum atomic E-state index is 2.77. The van der Waals surface area contributed by atoms with Crippen molar-refractivity contribution in [2.45, 2.75) is 0 Å². The summed E-state index contributed by atoms with van der Waals surface area (Å²) in [6, 6.07) is 91.9. The minimum Gasteiger partial charge on any atom is -0.310 e. The summed E-state index contributed by atoms with van der Waals surface area (Å²) in [5.74, 6) is 0. The average molecular weight is 1090 g/mol. The Labute approximate surface area is 495 Å². The first kappa shape index (κ1) is 42.6. The highest BCUT2D eigenvalue weighted by Crippen LogP contribution is 2.52. The molecule has 0 spiro atoms. The molecule has 0 bridgehead atoms. The fourth-order valence-corrected chi connectivity index (χ4v) is 19.6. The van der Waals surface area contributed by atoms with Gasteiger partial charge in [0.05, 0.1) is 33.1 Å². The van der Waals surface area contributed by atoms with E-state index in [0.717, 1.165) is 0 Å². The zero-order valence-corrected chi connectivity index (χ0v) is 46.4. The van der Waals surface area contributed by atoms with Crippen LogP contribution < -0.4 is 49.2 Å². The zero-order valence-electron chi connectivity index (χ0n) is 46.4. The Morgan fingerprint density at radius 1 is 0.172 bits per heavy atom. The highest BCUT2D eigenvalue weighted by atomic mass is 15.1. The number of benzene rings is 13. The number of nitrogens with zero attached hydrogens (tertiary/aromatic N) is 6. The number of para-hydroxylation sites is 9.